The van der Waals surface area contributed by atoms with Crippen LogP contribution in [0.3, 0.4) is 0 Å². The van der Waals surface area contributed by atoms with Crippen molar-refractivity contribution in [1.29, 1.82) is 0 Å². The molecule has 152 valence electrons. The van der Waals surface area contributed by atoms with Gasteiger partial charge in [-0.25, -0.2) is 4.98 Å². The van der Waals surface area contributed by atoms with Crippen LogP contribution in [0.15, 0.2) is 24.3 Å². The molecule has 0 spiro atoms. The number of aryl methyl sites for hydroxylation is 1. The van der Waals surface area contributed by atoms with Crippen molar-refractivity contribution in [3.8, 4) is 5.75 Å². The van der Waals surface area contributed by atoms with E-state index in [1.165, 1.54) is 12.0 Å². The van der Waals surface area contributed by atoms with Gasteiger partial charge in [-0.3, -0.25) is 14.9 Å². The van der Waals surface area contributed by atoms with Crippen LogP contribution in [0.25, 0.3) is 0 Å². The maximum Gasteiger partial charge on any atom is 0.155 e. The fourth-order valence-corrected chi connectivity index (χ4v) is 4.08. The highest BCUT2D eigenvalue weighted by Crippen LogP contribution is 2.27. The van der Waals surface area contributed by atoms with Gasteiger partial charge in [0.15, 0.2) is 5.82 Å². The zero-order chi connectivity index (χ0) is 19.2. The second-order valence-electron chi connectivity index (χ2n) is 7.76. The van der Waals surface area contributed by atoms with Crippen LogP contribution in [0.5, 0.6) is 5.75 Å². The topological polar surface area (TPSA) is 66.5 Å². The number of likely N-dealkylation sites (tertiary alicyclic amines) is 1. The number of para-hydroxylation sites is 1. The fraction of sp³-hybridized carbons (Fsp3) is 0.619. The Morgan fingerprint density at radius 3 is 2.86 bits per heavy atom. The maximum atomic E-state index is 6.16. The highest BCUT2D eigenvalue weighted by Gasteiger charge is 2.25. The molecule has 28 heavy (non-hydrogen) atoms. The smallest absolute Gasteiger partial charge is 0.155 e. The first-order valence-electron chi connectivity index (χ1n) is 10.4. The van der Waals surface area contributed by atoms with Gasteiger partial charge in [-0.1, -0.05) is 18.2 Å². The summed E-state index contributed by atoms with van der Waals surface area (Å²) in [4.78, 5) is 9.45. The zero-order valence-corrected chi connectivity index (χ0v) is 16.8. The number of morpholine rings is 1. The molecule has 1 aromatic carbocycles. The van der Waals surface area contributed by atoms with Crippen molar-refractivity contribution in [2.45, 2.75) is 32.2 Å². The number of ether oxygens (including phenoxy) is 2. The predicted molar refractivity (Wildman–Crippen MR) is 108 cm³/mol. The van der Waals surface area contributed by atoms with Gasteiger partial charge in [0.2, 0.25) is 0 Å². The van der Waals surface area contributed by atoms with Crippen molar-refractivity contribution in [3.05, 3.63) is 41.5 Å². The molecule has 0 aliphatic carbocycles. The number of nitrogens with zero attached hydrogens (tertiary/aromatic N) is 4. The summed E-state index contributed by atoms with van der Waals surface area (Å²) in [7, 11) is 0. The van der Waals surface area contributed by atoms with Gasteiger partial charge in [-0.05, 0) is 32.4 Å². The van der Waals surface area contributed by atoms with Gasteiger partial charge in [0, 0.05) is 44.2 Å². The van der Waals surface area contributed by atoms with Crippen LogP contribution in [0, 0.1) is 6.92 Å². The average molecular weight is 386 g/mol. The number of hydrogen-bond donors (Lipinski definition) is 1. The fourth-order valence-electron chi connectivity index (χ4n) is 4.08. The molecule has 0 unspecified atom stereocenters. The number of hydrogen-bond acceptors (Lipinski definition) is 6. The predicted octanol–water partition coefficient (Wildman–Crippen LogP) is 2.20. The summed E-state index contributed by atoms with van der Waals surface area (Å²) in [6.07, 6.45) is 2.34. The van der Waals surface area contributed by atoms with Gasteiger partial charge in [-0.2, -0.15) is 5.10 Å². The highest BCUT2D eigenvalue weighted by atomic mass is 16.5. The molecule has 0 amide bonds. The monoisotopic (exact) mass is 385 g/mol. The van der Waals surface area contributed by atoms with Crippen molar-refractivity contribution in [2.75, 3.05) is 52.5 Å². The molecular weight excluding hydrogens is 354 g/mol. The van der Waals surface area contributed by atoms with Crippen LogP contribution in [0.2, 0.25) is 0 Å². The summed E-state index contributed by atoms with van der Waals surface area (Å²) in [5.74, 6) is 3.27. The molecule has 1 N–H and O–H groups in total. The summed E-state index contributed by atoms with van der Waals surface area (Å²) in [6, 6.07) is 8.44. The number of rotatable bonds is 7. The molecule has 1 aromatic heterocycles. The minimum absolute atomic E-state index is 0.410. The number of aromatic amines is 1. The number of nitrogens with one attached hydrogen (secondary N) is 1. The van der Waals surface area contributed by atoms with Crippen LogP contribution in [0.1, 0.15) is 36.0 Å². The second kappa shape index (κ2) is 9.49. The van der Waals surface area contributed by atoms with Crippen LogP contribution < -0.4 is 4.74 Å². The van der Waals surface area contributed by atoms with Crippen LogP contribution in [0.4, 0.5) is 0 Å². The first-order chi connectivity index (χ1) is 13.8. The van der Waals surface area contributed by atoms with E-state index in [-0.39, 0.29) is 0 Å². The Bertz CT molecular complexity index is 744. The Kier molecular flexibility index (Phi) is 6.57. The maximum absolute atomic E-state index is 6.16. The van der Waals surface area contributed by atoms with Gasteiger partial charge in [-0.15, -0.1) is 0 Å². The molecule has 4 rings (SSSR count). The van der Waals surface area contributed by atoms with Crippen LogP contribution >= 0.6 is 0 Å². The van der Waals surface area contributed by atoms with Crippen molar-refractivity contribution < 1.29 is 9.47 Å². The third kappa shape index (κ3) is 5.10. The van der Waals surface area contributed by atoms with E-state index in [9.17, 15) is 0 Å². The third-order valence-electron chi connectivity index (χ3n) is 5.62. The van der Waals surface area contributed by atoms with E-state index in [2.05, 4.69) is 49.2 Å². The number of piperidine rings is 1. The average Bonchev–Trinajstić information content (AvgIpc) is 3.17. The minimum atomic E-state index is 0.410. The standard InChI is InChI=1S/C21H31N5O2/c1-17-22-21(24-23-17)19-6-4-8-26(16-19)15-18-5-2-3-7-20(18)28-14-11-25-9-12-27-13-10-25/h2-3,5,7,19H,4,6,8-16H2,1H3,(H,22,23,24)/t19-/m0/s1. The first kappa shape index (κ1) is 19.4. The van der Waals surface area contributed by atoms with Crippen LogP contribution in [-0.4, -0.2) is 77.5 Å². The molecule has 2 aliphatic rings. The minimum Gasteiger partial charge on any atom is -0.492 e. The molecule has 1 atom stereocenters. The summed E-state index contributed by atoms with van der Waals surface area (Å²) in [5, 5.41) is 7.36. The van der Waals surface area contributed by atoms with E-state index in [4.69, 9.17) is 9.47 Å². The molecule has 0 radical (unpaired) electrons. The molecule has 7 nitrogen and oxygen atoms in total. The van der Waals surface area contributed by atoms with E-state index in [0.717, 1.165) is 82.9 Å². The van der Waals surface area contributed by atoms with E-state index in [1.54, 1.807) is 0 Å². The Hall–Kier alpha value is -1.96. The normalized spacial score (nSPS) is 21.7. The third-order valence-corrected chi connectivity index (χ3v) is 5.62. The molecule has 2 fully saturated rings. The lowest BCUT2D eigenvalue weighted by atomic mass is 9.97. The lowest BCUT2D eigenvalue weighted by Gasteiger charge is -2.32. The summed E-state index contributed by atoms with van der Waals surface area (Å²) in [6.45, 7) is 10.3. The molecule has 0 bridgehead atoms. The quantitative estimate of drug-likeness (QED) is 0.788. The van der Waals surface area contributed by atoms with Crippen molar-refractivity contribution in [3.63, 3.8) is 0 Å². The Balaban J connectivity index is 1.32. The molecule has 0 saturated carbocycles. The molecule has 7 heteroatoms. The second-order valence-corrected chi connectivity index (χ2v) is 7.76. The Morgan fingerprint density at radius 2 is 2.04 bits per heavy atom. The zero-order valence-electron chi connectivity index (χ0n) is 16.8. The van der Waals surface area contributed by atoms with Gasteiger partial charge in [0.25, 0.3) is 0 Å². The molecule has 2 aromatic rings. The van der Waals surface area contributed by atoms with Crippen molar-refractivity contribution >= 4 is 0 Å². The van der Waals surface area contributed by atoms with E-state index in [1.807, 2.05) is 6.92 Å². The van der Waals surface area contributed by atoms with Gasteiger partial charge in [0.05, 0.1) is 13.2 Å². The summed E-state index contributed by atoms with van der Waals surface area (Å²) in [5.41, 5.74) is 1.26. The number of benzene rings is 1. The van der Waals surface area contributed by atoms with Crippen molar-refractivity contribution in [1.82, 2.24) is 25.0 Å². The molecule has 2 saturated heterocycles. The Labute approximate surface area is 167 Å². The summed E-state index contributed by atoms with van der Waals surface area (Å²) < 4.78 is 11.6. The number of aromatic nitrogens is 3. The van der Waals surface area contributed by atoms with E-state index >= 15 is 0 Å². The molecule has 2 aliphatic heterocycles. The van der Waals surface area contributed by atoms with Crippen molar-refractivity contribution in [2.24, 2.45) is 0 Å². The summed E-state index contributed by atoms with van der Waals surface area (Å²) >= 11 is 0. The highest BCUT2D eigenvalue weighted by molar-refractivity contribution is 5.33. The van der Waals surface area contributed by atoms with Crippen LogP contribution in [-0.2, 0) is 11.3 Å². The Morgan fingerprint density at radius 1 is 1.18 bits per heavy atom. The molecule has 3 heterocycles. The lowest BCUT2D eigenvalue weighted by Crippen LogP contribution is -2.38. The lowest BCUT2D eigenvalue weighted by molar-refractivity contribution is 0.0321. The van der Waals surface area contributed by atoms with Gasteiger partial charge >= 0.3 is 0 Å². The number of H-pyrrole nitrogens is 1. The van der Waals surface area contributed by atoms with Gasteiger partial charge < -0.3 is 9.47 Å². The van der Waals surface area contributed by atoms with E-state index < -0.39 is 0 Å². The SMILES string of the molecule is Cc1nc([C@H]2CCCN(Cc3ccccc3OCCN3CCOCC3)C2)n[nH]1. The van der Waals surface area contributed by atoms with E-state index in [0.29, 0.717) is 5.92 Å². The first-order valence-corrected chi connectivity index (χ1v) is 10.4. The van der Waals surface area contributed by atoms with Gasteiger partial charge in [0.1, 0.15) is 18.2 Å². The molecular formula is C21H31N5O2. The largest absolute Gasteiger partial charge is 0.492 e.